The van der Waals surface area contributed by atoms with E-state index >= 15 is 0 Å². The fourth-order valence-electron chi connectivity index (χ4n) is 5.03. The summed E-state index contributed by atoms with van der Waals surface area (Å²) in [7, 11) is 4.60. The lowest BCUT2D eigenvalue weighted by atomic mass is 9.99. The molecule has 1 saturated heterocycles. The number of amides is 2. The van der Waals surface area contributed by atoms with E-state index in [2.05, 4.69) is 15.5 Å². The molecule has 1 aliphatic rings. The maximum atomic E-state index is 13.0. The van der Waals surface area contributed by atoms with Crippen LogP contribution in [0.2, 0.25) is 0 Å². The minimum absolute atomic E-state index is 0.0997. The number of Topliss-reactive ketones (excluding diaryl/α,β-unsaturated/α-hetero) is 1. The number of benzene rings is 3. The van der Waals surface area contributed by atoms with Gasteiger partial charge >= 0.3 is 6.03 Å². The summed E-state index contributed by atoms with van der Waals surface area (Å²) in [5, 5.41) is 5.80. The first kappa shape index (κ1) is 29.7. The second-order valence-electron chi connectivity index (χ2n) is 10.0. The van der Waals surface area contributed by atoms with E-state index in [0.717, 1.165) is 36.5 Å². The van der Waals surface area contributed by atoms with E-state index in [0.29, 0.717) is 46.4 Å². The average molecular weight is 562 g/mol. The molecule has 0 bridgehead atoms. The Kier molecular flexibility index (Phi) is 10.1. The van der Waals surface area contributed by atoms with E-state index < -0.39 is 6.03 Å². The molecular weight excluding hydrogens is 522 g/mol. The molecule has 0 saturated carbocycles. The number of piperidine rings is 1. The zero-order chi connectivity index (χ0) is 29.4. The molecular formula is C32H39N3O6. The number of nitrogens with one attached hydrogen (secondary N) is 2. The highest BCUT2D eigenvalue weighted by molar-refractivity contribution is 6.01. The maximum Gasteiger partial charge on any atom is 0.323 e. The van der Waals surface area contributed by atoms with Gasteiger partial charge in [-0.2, -0.15) is 0 Å². The van der Waals surface area contributed by atoms with Crippen molar-refractivity contribution in [1.29, 1.82) is 0 Å². The van der Waals surface area contributed by atoms with Gasteiger partial charge in [-0.05, 0) is 87.3 Å². The number of ether oxygens (including phenoxy) is 4. The van der Waals surface area contributed by atoms with Crippen LogP contribution in [0.4, 0.5) is 16.2 Å². The van der Waals surface area contributed by atoms with Gasteiger partial charge in [0.15, 0.2) is 17.3 Å². The second-order valence-corrected chi connectivity index (χ2v) is 10.0. The molecule has 3 aromatic rings. The molecule has 41 heavy (non-hydrogen) atoms. The summed E-state index contributed by atoms with van der Waals surface area (Å²) in [5.41, 5.74) is 3.94. The Morgan fingerprint density at radius 3 is 2.27 bits per heavy atom. The number of ketones is 1. The lowest BCUT2D eigenvalue weighted by Crippen LogP contribution is -2.33. The van der Waals surface area contributed by atoms with Gasteiger partial charge in [0.1, 0.15) is 18.1 Å². The first-order valence-electron chi connectivity index (χ1n) is 13.8. The Morgan fingerprint density at radius 2 is 1.61 bits per heavy atom. The van der Waals surface area contributed by atoms with Crippen molar-refractivity contribution in [3.8, 4) is 34.1 Å². The van der Waals surface area contributed by atoms with Crippen molar-refractivity contribution in [3.63, 3.8) is 0 Å². The molecule has 1 heterocycles. The lowest BCUT2D eigenvalue weighted by molar-refractivity contribution is 0.101. The van der Waals surface area contributed by atoms with Crippen LogP contribution in [0.5, 0.6) is 23.0 Å². The number of urea groups is 1. The van der Waals surface area contributed by atoms with Crippen LogP contribution in [0, 0.1) is 6.92 Å². The van der Waals surface area contributed by atoms with Crippen molar-refractivity contribution >= 4 is 23.2 Å². The Hall–Kier alpha value is -4.24. The average Bonchev–Trinajstić information content (AvgIpc) is 2.98. The highest BCUT2D eigenvalue weighted by atomic mass is 16.5. The Morgan fingerprint density at radius 1 is 0.854 bits per heavy atom. The maximum absolute atomic E-state index is 13.0. The molecule has 2 N–H and O–H groups in total. The molecule has 0 radical (unpaired) electrons. The summed E-state index contributed by atoms with van der Waals surface area (Å²) in [4.78, 5) is 27.4. The molecule has 4 rings (SSSR count). The van der Waals surface area contributed by atoms with Gasteiger partial charge in [0, 0.05) is 29.5 Å². The fraction of sp³-hybridized carbons (Fsp3) is 0.375. The third-order valence-corrected chi connectivity index (χ3v) is 7.20. The molecule has 0 spiro atoms. The van der Waals surface area contributed by atoms with Crippen LogP contribution in [0.15, 0.2) is 48.5 Å². The SMILES string of the molecule is COc1cc(-c2cc(NC(=O)Nc3ccc(OCCN4CCCCC4)cc3C)cc(OC)c2OC)ccc1C(C)=O. The number of anilines is 2. The molecule has 9 nitrogen and oxygen atoms in total. The van der Waals surface area contributed by atoms with Crippen molar-refractivity contribution in [1.82, 2.24) is 4.90 Å². The highest BCUT2D eigenvalue weighted by Gasteiger charge is 2.18. The summed E-state index contributed by atoms with van der Waals surface area (Å²) in [6.07, 6.45) is 3.83. The first-order chi connectivity index (χ1) is 19.8. The van der Waals surface area contributed by atoms with Gasteiger partial charge in [-0.3, -0.25) is 9.69 Å². The monoisotopic (exact) mass is 561 g/mol. The zero-order valence-electron chi connectivity index (χ0n) is 24.5. The third-order valence-electron chi connectivity index (χ3n) is 7.20. The van der Waals surface area contributed by atoms with Gasteiger partial charge in [-0.15, -0.1) is 0 Å². The number of hydrogen-bond acceptors (Lipinski definition) is 7. The second kappa shape index (κ2) is 13.9. The van der Waals surface area contributed by atoms with E-state index in [-0.39, 0.29) is 5.78 Å². The van der Waals surface area contributed by atoms with E-state index in [1.165, 1.54) is 40.4 Å². The van der Waals surface area contributed by atoms with E-state index in [1.807, 2.05) is 25.1 Å². The minimum atomic E-state index is -0.408. The van der Waals surface area contributed by atoms with Crippen LogP contribution in [-0.4, -0.2) is 64.3 Å². The molecule has 0 atom stereocenters. The van der Waals surface area contributed by atoms with Gasteiger partial charge in [-0.1, -0.05) is 12.5 Å². The van der Waals surface area contributed by atoms with Gasteiger partial charge in [0.2, 0.25) is 0 Å². The first-order valence-corrected chi connectivity index (χ1v) is 13.8. The van der Waals surface area contributed by atoms with Gasteiger partial charge in [-0.25, -0.2) is 4.79 Å². The topological polar surface area (TPSA) is 98.4 Å². The van der Waals surface area contributed by atoms with Gasteiger partial charge in [0.25, 0.3) is 0 Å². The molecule has 3 aromatic carbocycles. The molecule has 9 heteroatoms. The number of hydrogen-bond donors (Lipinski definition) is 2. The van der Waals surface area contributed by atoms with Crippen LogP contribution in [-0.2, 0) is 0 Å². The number of aryl methyl sites for hydroxylation is 1. The van der Waals surface area contributed by atoms with Crippen LogP contribution >= 0.6 is 0 Å². The van der Waals surface area contributed by atoms with Crippen molar-refractivity contribution in [2.45, 2.75) is 33.1 Å². The predicted molar refractivity (Wildman–Crippen MR) is 161 cm³/mol. The molecule has 1 aliphatic heterocycles. The molecule has 0 unspecified atom stereocenters. The number of carbonyl (C=O) groups excluding carboxylic acids is 2. The molecule has 2 amide bonds. The standard InChI is InChI=1S/C32H39N3O6/c1-21-17-25(41-16-15-35-13-7-6-8-14-35)10-12-28(21)34-32(37)33-24-19-27(31(40-5)30(20-24)39-4)23-9-11-26(22(2)36)29(18-23)38-3/h9-12,17-20H,6-8,13-16H2,1-5H3,(H2,33,34,37). The Balaban J connectivity index is 1.47. The summed E-state index contributed by atoms with van der Waals surface area (Å²) in [5.74, 6) is 2.06. The molecule has 0 aromatic heterocycles. The zero-order valence-corrected chi connectivity index (χ0v) is 24.5. The van der Waals surface area contributed by atoms with Crippen molar-refractivity contribution in [2.75, 3.05) is 58.2 Å². The summed E-state index contributed by atoms with van der Waals surface area (Å²) >= 11 is 0. The van der Waals surface area contributed by atoms with Crippen molar-refractivity contribution in [2.24, 2.45) is 0 Å². The summed E-state index contributed by atoms with van der Waals surface area (Å²) in [6.45, 7) is 7.26. The van der Waals surface area contributed by atoms with E-state index in [4.69, 9.17) is 18.9 Å². The molecule has 0 aliphatic carbocycles. The van der Waals surface area contributed by atoms with Gasteiger partial charge < -0.3 is 29.6 Å². The number of likely N-dealkylation sites (tertiary alicyclic amines) is 1. The lowest BCUT2D eigenvalue weighted by Gasteiger charge is -2.26. The quantitative estimate of drug-likeness (QED) is 0.262. The summed E-state index contributed by atoms with van der Waals surface area (Å²) in [6, 6.07) is 14.0. The van der Waals surface area contributed by atoms with Crippen molar-refractivity contribution < 1.29 is 28.5 Å². The Bertz CT molecular complexity index is 1380. The summed E-state index contributed by atoms with van der Waals surface area (Å²) < 4.78 is 22.6. The van der Waals surface area contributed by atoms with Crippen LogP contribution < -0.4 is 29.6 Å². The predicted octanol–water partition coefficient (Wildman–Crippen LogP) is 6.40. The third kappa shape index (κ3) is 7.49. The van der Waals surface area contributed by atoms with Crippen LogP contribution in [0.3, 0.4) is 0 Å². The fourth-order valence-corrected chi connectivity index (χ4v) is 5.03. The largest absolute Gasteiger partial charge is 0.496 e. The Labute approximate surface area is 241 Å². The smallest absolute Gasteiger partial charge is 0.323 e. The number of carbonyl (C=O) groups is 2. The molecule has 218 valence electrons. The molecule has 1 fully saturated rings. The number of rotatable bonds is 11. The van der Waals surface area contributed by atoms with Crippen molar-refractivity contribution in [3.05, 3.63) is 59.7 Å². The minimum Gasteiger partial charge on any atom is -0.496 e. The van der Waals surface area contributed by atoms with Gasteiger partial charge in [0.05, 0.1) is 26.9 Å². The van der Waals surface area contributed by atoms with Crippen LogP contribution in [0.25, 0.3) is 11.1 Å². The van der Waals surface area contributed by atoms with Crippen LogP contribution in [0.1, 0.15) is 42.1 Å². The number of methoxy groups -OCH3 is 3. The number of nitrogens with zero attached hydrogens (tertiary/aromatic N) is 1. The highest BCUT2D eigenvalue weighted by Crippen LogP contribution is 2.42. The normalized spacial score (nSPS) is 13.3. The van der Waals surface area contributed by atoms with E-state index in [1.54, 1.807) is 37.4 Å². The van der Waals surface area contributed by atoms with E-state index in [9.17, 15) is 9.59 Å².